The van der Waals surface area contributed by atoms with Crippen LogP contribution in [0.3, 0.4) is 0 Å². The van der Waals surface area contributed by atoms with E-state index in [0.29, 0.717) is 17.3 Å². The first-order valence-electron chi connectivity index (χ1n) is 7.86. The van der Waals surface area contributed by atoms with Crippen LogP contribution in [0.2, 0.25) is 5.02 Å². The average Bonchev–Trinajstić information content (AvgIpc) is 2.64. The maximum atomic E-state index is 12.6. The van der Waals surface area contributed by atoms with Crippen LogP contribution in [0.1, 0.15) is 5.56 Å². The monoisotopic (exact) mass is 418 g/mol. The Balaban J connectivity index is 1.46. The topological polar surface area (TPSA) is 60.5 Å². The van der Waals surface area contributed by atoms with Crippen molar-refractivity contribution in [3.63, 3.8) is 0 Å². The van der Waals surface area contributed by atoms with E-state index in [0.717, 1.165) is 24.0 Å². The quantitative estimate of drug-likeness (QED) is 0.591. The van der Waals surface area contributed by atoms with Crippen molar-refractivity contribution in [2.45, 2.75) is 17.3 Å². The first-order valence-corrected chi connectivity index (χ1v) is 9.22. The van der Waals surface area contributed by atoms with Crippen LogP contribution in [0.25, 0.3) is 0 Å². The highest BCUT2D eigenvalue weighted by Gasteiger charge is 2.31. The second-order valence-corrected chi connectivity index (χ2v) is 7.00. The molecule has 1 N–H and O–H groups in total. The number of para-hydroxylation sites is 2. The molecular formula is C17H14ClF3N2O3S. The highest BCUT2D eigenvalue weighted by Crippen LogP contribution is 2.33. The number of nitrogens with one attached hydrogen (secondary N) is 1. The minimum absolute atomic E-state index is 0.0817. The molecule has 1 amide bonds. The first kappa shape index (κ1) is 19.6. The number of pyridine rings is 1. The van der Waals surface area contributed by atoms with Crippen molar-refractivity contribution < 1.29 is 27.4 Å². The van der Waals surface area contributed by atoms with Crippen molar-refractivity contribution in [1.82, 2.24) is 10.3 Å². The largest absolute Gasteiger partial charge is 0.485 e. The minimum atomic E-state index is -4.49. The van der Waals surface area contributed by atoms with Crippen molar-refractivity contribution in [2.24, 2.45) is 0 Å². The minimum Gasteiger partial charge on any atom is -0.485 e. The van der Waals surface area contributed by atoms with E-state index in [1.807, 2.05) is 0 Å². The summed E-state index contributed by atoms with van der Waals surface area (Å²) in [6.07, 6.45) is -4.52. The Labute approximate surface area is 162 Å². The number of benzene rings is 1. The summed E-state index contributed by atoms with van der Waals surface area (Å²) >= 11 is 6.99. The van der Waals surface area contributed by atoms with Crippen LogP contribution in [0.5, 0.6) is 11.5 Å². The lowest BCUT2D eigenvalue weighted by molar-refractivity contribution is -0.138. The van der Waals surface area contributed by atoms with Crippen LogP contribution < -0.4 is 14.8 Å². The fourth-order valence-electron chi connectivity index (χ4n) is 2.27. The fraction of sp³-hybridized carbons (Fsp3) is 0.294. The Bertz CT molecular complexity index is 835. The molecule has 2 heterocycles. The number of carbonyl (C=O) groups is 1. The summed E-state index contributed by atoms with van der Waals surface area (Å²) in [7, 11) is 0. The molecule has 0 unspecified atom stereocenters. The van der Waals surface area contributed by atoms with Gasteiger partial charge in [-0.1, -0.05) is 23.7 Å². The molecule has 0 saturated carbocycles. The lowest BCUT2D eigenvalue weighted by atomic mass is 10.2. The molecule has 10 heteroatoms. The molecule has 144 valence electrons. The van der Waals surface area contributed by atoms with Gasteiger partial charge in [0.2, 0.25) is 6.10 Å². The highest BCUT2D eigenvalue weighted by atomic mass is 35.5. The lowest BCUT2D eigenvalue weighted by Gasteiger charge is -2.25. The first-order chi connectivity index (χ1) is 12.8. The summed E-state index contributed by atoms with van der Waals surface area (Å²) < 4.78 is 48.8. The molecule has 1 aromatic carbocycles. The number of rotatable bonds is 5. The number of hydrogen-bond donors (Lipinski definition) is 1. The Kier molecular flexibility index (Phi) is 6.01. The molecule has 5 nitrogen and oxygen atoms in total. The normalized spacial score (nSPS) is 16.1. The van der Waals surface area contributed by atoms with E-state index in [1.54, 1.807) is 24.3 Å². The average molecular weight is 419 g/mol. The molecule has 1 atom stereocenters. The molecule has 1 aliphatic heterocycles. The molecular weight excluding hydrogens is 405 g/mol. The maximum Gasteiger partial charge on any atom is 0.417 e. The van der Waals surface area contributed by atoms with E-state index in [1.165, 1.54) is 0 Å². The molecule has 1 aliphatic rings. The van der Waals surface area contributed by atoms with Crippen LogP contribution in [-0.4, -0.2) is 35.9 Å². The number of fused-ring (bicyclic) bond motifs is 1. The van der Waals surface area contributed by atoms with Gasteiger partial charge < -0.3 is 14.8 Å². The molecule has 0 aliphatic carbocycles. The number of halogens is 4. The maximum absolute atomic E-state index is 12.6. The number of alkyl halides is 3. The molecule has 27 heavy (non-hydrogen) atoms. The van der Waals surface area contributed by atoms with Gasteiger partial charge in [0.05, 0.1) is 10.6 Å². The third kappa shape index (κ3) is 4.98. The van der Waals surface area contributed by atoms with Crippen molar-refractivity contribution in [2.75, 3.05) is 18.9 Å². The van der Waals surface area contributed by atoms with Crippen molar-refractivity contribution in [3.8, 4) is 11.5 Å². The van der Waals surface area contributed by atoms with E-state index >= 15 is 0 Å². The summed E-state index contributed by atoms with van der Waals surface area (Å²) in [6.45, 7) is 0.367. The van der Waals surface area contributed by atoms with E-state index in [2.05, 4.69) is 10.3 Å². The van der Waals surface area contributed by atoms with Gasteiger partial charge in [-0.2, -0.15) is 13.2 Å². The van der Waals surface area contributed by atoms with E-state index in [-0.39, 0.29) is 29.1 Å². The van der Waals surface area contributed by atoms with Gasteiger partial charge in [-0.15, -0.1) is 11.8 Å². The molecule has 1 aromatic heterocycles. The third-order valence-electron chi connectivity index (χ3n) is 3.58. The van der Waals surface area contributed by atoms with Crippen LogP contribution in [-0.2, 0) is 11.0 Å². The Morgan fingerprint density at radius 1 is 1.33 bits per heavy atom. The number of aromatic nitrogens is 1. The predicted octanol–water partition coefficient (Wildman–Crippen LogP) is 3.80. The molecule has 0 fully saturated rings. The number of nitrogens with zero attached hydrogens (tertiary/aromatic N) is 1. The van der Waals surface area contributed by atoms with Gasteiger partial charge in [0.1, 0.15) is 11.6 Å². The van der Waals surface area contributed by atoms with Crippen LogP contribution in [0.4, 0.5) is 13.2 Å². The number of ether oxygens (including phenoxy) is 2. The van der Waals surface area contributed by atoms with Gasteiger partial charge in [0.25, 0.3) is 5.91 Å². The number of carbonyl (C=O) groups excluding carboxylic acids is 1. The van der Waals surface area contributed by atoms with Crippen LogP contribution in [0, 0.1) is 0 Å². The molecule has 0 bridgehead atoms. The zero-order chi connectivity index (χ0) is 19.4. The molecule has 0 saturated heterocycles. The summed E-state index contributed by atoms with van der Waals surface area (Å²) in [5, 5.41) is 2.88. The van der Waals surface area contributed by atoms with Crippen molar-refractivity contribution in [3.05, 3.63) is 47.1 Å². The Hall–Kier alpha value is -2.13. The standard InChI is InChI=1S/C17H14ClF3N2O3S/c18-11-7-10(17(19,20)21)8-23-16(11)27-6-5-22-15(24)14-9-25-12-3-1-2-4-13(12)26-14/h1-4,7-8,14H,5-6,9H2,(H,22,24)/t14-/m1/s1. The Morgan fingerprint density at radius 2 is 2.07 bits per heavy atom. The van der Waals surface area contributed by atoms with Gasteiger partial charge in [-0.25, -0.2) is 4.98 Å². The summed E-state index contributed by atoms with van der Waals surface area (Å²) in [5.74, 6) is 1.13. The van der Waals surface area contributed by atoms with Crippen LogP contribution >= 0.6 is 23.4 Å². The summed E-state index contributed by atoms with van der Waals surface area (Å²) in [4.78, 5) is 15.9. The molecule has 3 rings (SSSR count). The van der Waals surface area contributed by atoms with Gasteiger partial charge in [-0.05, 0) is 18.2 Å². The zero-order valence-electron chi connectivity index (χ0n) is 13.8. The van der Waals surface area contributed by atoms with Gasteiger partial charge in [0, 0.05) is 18.5 Å². The van der Waals surface area contributed by atoms with Gasteiger partial charge >= 0.3 is 6.18 Å². The molecule has 0 radical (unpaired) electrons. The number of amides is 1. The second-order valence-electron chi connectivity index (χ2n) is 5.51. The summed E-state index contributed by atoms with van der Waals surface area (Å²) in [5.41, 5.74) is -0.903. The predicted molar refractivity (Wildman–Crippen MR) is 94.3 cm³/mol. The van der Waals surface area contributed by atoms with Crippen molar-refractivity contribution >= 4 is 29.3 Å². The smallest absolute Gasteiger partial charge is 0.417 e. The fourth-order valence-corrected chi connectivity index (χ4v) is 3.32. The van der Waals surface area contributed by atoms with E-state index in [9.17, 15) is 18.0 Å². The zero-order valence-corrected chi connectivity index (χ0v) is 15.3. The molecule has 0 spiro atoms. The van der Waals surface area contributed by atoms with Gasteiger partial charge in [0.15, 0.2) is 11.5 Å². The van der Waals surface area contributed by atoms with Crippen molar-refractivity contribution in [1.29, 1.82) is 0 Å². The second kappa shape index (κ2) is 8.26. The van der Waals surface area contributed by atoms with E-state index in [4.69, 9.17) is 21.1 Å². The van der Waals surface area contributed by atoms with Gasteiger partial charge in [-0.3, -0.25) is 4.79 Å². The Morgan fingerprint density at radius 3 is 2.78 bits per heavy atom. The lowest BCUT2D eigenvalue weighted by Crippen LogP contribution is -2.44. The van der Waals surface area contributed by atoms with Crippen LogP contribution in [0.15, 0.2) is 41.6 Å². The molecule has 2 aromatic rings. The number of hydrogen-bond acceptors (Lipinski definition) is 5. The third-order valence-corrected chi connectivity index (χ3v) is 4.98. The highest BCUT2D eigenvalue weighted by molar-refractivity contribution is 7.99. The number of thioether (sulfide) groups is 1. The van der Waals surface area contributed by atoms with E-state index < -0.39 is 17.8 Å². The SMILES string of the molecule is O=C(NCCSc1ncc(C(F)(F)F)cc1Cl)[C@H]1COc2ccccc2O1. The summed E-state index contributed by atoms with van der Waals surface area (Å²) in [6, 6.07) is 7.88.